The first-order valence-corrected chi connectivity index (χ1v) is 10.8. The van der Waals surface area contributed by atoms with Gasteiger partial charge in [-0.3, -0.25) is 9.47 Å². The normalized spacial score (nSPS) is 26.1. The number of hydrogen-bond acceptors (Lipinski definition) is 3. The summed E-state index contributed by atoms with van der Waals surface area (Å²) in [6.45, 7) is 1.86. The molecule has 27 heavy (non-hydrogen) atoms. The predicted octanol–water partition coefficient (Wildman–Crippen LogP) is 5.17. The van der Waals surface area contributed by atoms with Crippen molar-refractivity contribution >= 4 is 12.2 Å². The Labute approximate surface area is 165 Å². The summed E-state index contributed by atoms with van der Waals surface area (Å²) < 4.78 is 19.2. The van der Waals surface area contributed by atoms with Gasteiger partial charge in [-0.2, -0.15) is 5.10 Å². The molecule has 0 amide bonds. The van der Waals surface area contributed by atoms with E-state index in [0.29, 0.717) is 23.5 Å². The fourth-order valence-corrected chi connectivity index (χ4v) is 5.41. The maximum atomic E-state index is 14.5. The number of nitrogens with zero attached hydrogens (tertiary/aromatic N) is 4. The van der Waals surface area contributed by atoms with E-state index in [1.165, 1.54) is 44.6 Å². The minimum Gasteiger partial charge on any atom is -0.297 e. The monoisotopic (exact) mass is 386 g/mol. The van der Waals surface area contributed by atoms with Crippen LogP contribution in [0.1, 0.15) is 57.4 Å². The molecule has 1 aromatic heterocycles. The Kier molecular flexibility index (Phi) is 4.64. The van der Waals surface area contributed by atoms with Crippen molar-refractivity contribution in [2.24, 2.45) is 5.92 Å². The van der Waals surface area contributed by atoms with Gasteiger partial charge in [-0.1, -0.05) is 25.0 Å². The van der Waals surface area contributed by atoms with Gasteiger partial charge in [0.2, 0.25) is 0 Å². The highest BCUT2D eigenvalue weighted by atomic mass is 32.1. The van der Waals surface area contributed by atoms with Gasteiger partial charge in [-0.15, -0.1) is 0 Å². The lowest BCUT2D eigenvalue weighted by atomic mass is 9.78. The van der Waals surface area contributed by atoms with E-state index < -0.39 is 0 Å². The van der Waals surface area contributed by atoms with Crippen molar-refractivity contribution in [3.63, 3.8) is 0 Å². The summed E-state index contributed by atoms with van der Waals surface area (Å²) >= 11 is 5.80. The van der Waals surface area contributed by atoms with Gasteiger partial charge in [0.1, 0.15) is 5.82 Å². The number of fused-ring (bicyclic) bond motifs is 1. The van der Waals surface area contributed by atoms with E-state index in [1.54, 1.807) is 6.07 Å². The molecule has 1 aliphatic heterocycles. The van der Waals surface area contributed by atoms with Crippen LogP contribution in [0.15, 0.2) is 24.3 Å². The lowest BCUT2D eigenvalue weighted by Crippen LogP contribution is -2.47. The number of hydrogen-bond donors (Lipinski definition) is 0. The van der Waals surface area contributed by atoms with Gasteiger partial charge in [-0.25, -0.2) is 9.07 Å². The largest absolute Gasteiger partial charge is 0.297 e. The molecule has 0 unspecified atom stereocenters. The van der Waals surface area contributed by atoms with E-state index in [0.717, 1.165) is 36.7 Å². The van der Waals surface area contributed by atoms with Gasteiger partial charge in [0, 0.05) is 18.6 Å². The van der Waals surface area contributed by atoms with Gasteiger partial charge in [0.15, 0.2) is 10.6 Å². The van der Waals surface area contributed by atoms with Crippen molar-refractivity contribution in [1.82, 2.24) is 19.2 Å². The third-order valence-corrected chi connectivity index (χ3v) is 6.98. The molecule has 2 aromatic rings. The molecule has 6 heteroatoms. The zero-order chi connectivity index (χ0) is 18.4. The Morgan fingerprint density at radius 1 is 1.04 bits per heavy atom. The van der Waals surface area contributed by atoms with E-state index in [-0.39, 0.29) is 5.82 Å². The van der Waals surface area contributed by atoms with Crippen LogP contribution < -0.4 is 0 Å². The fourth-order valence-electron chi connectivity index (χ4n) is 5.08. The standard InChI is InChI=1S/C21H27FN4S/c22-18-9-3-2-8-17(18)20-23-25(21(27)26(20)16-11-12-16)14-24-13-5-7-15-6-1-4-10-19(15)24/h2-3,8-9,15-16,19H,1,4-7,10-14H2/t15-,19-/m0/s1. The van der Waals surface area contributed by atoms with E-state index >= 15 is 0 Å². The summed E-state index contributed by atoms with van der Waals surface area (Å²) in [5, 5.41) is 4.83. The van der Waals surface area contributed by atoms with Gasteiger partial charge in [-0.05, 0) is 68.8 Å². The minimum absolute atomic E-state index is 0.225. The van der Waals surface area contributed by atoms with E-state index in [2.05, 4.69) is 9.47 Å². The second-order valence-corrected chi connectivity index (χ2v) is 8.76. The number of benzene rings is 1. The highest BCUT2D eigenvalue weighted by Gasteiger charge is 2.34. The molecule has 2 aliphatic carbocycles. The van der Waals surface area contributed by atoms with Gasteiger partial charge in [0.05, 0.1) is 12.2 Å². The average Bonchev–Trinajstić information content (AvgIpc) is 3.47. The quantitative estimate of drug-likeness (QED) is 0.678. The number of rotatable bonds is 4. The summed E-state index contributed by atoms with van der Waals surface area (Å²) in [5.41, 5.74) is 0.559. The number of aromatic nitrogens is 3. The molecule has 144 valence electrons. The smallest absolute Gasteiger partial charge is 0.199 e. The maximum Gasteiger partial charge on any atom is 0.199 e. The van der Waals surface area contributed by atoms with Crippen LogP contribution in [-0.2, 0) is 6.67 Å². The second kappa shape index (κ2) is 7.13. The van der Waals surface area contributed by atoms with Crippen molar-refractivity contribution in [2.45, 2.75) is 70.1 Å². The zero-order valence-electron chi connectivity index (χ0n) is 15.7. The molecule has 0 N–H and O–H groups in total. The SMILES string of the molecule is Fc1ccccc1-c1nn(CN2CCC[C@@H]3CCCC[C@@H]32)c(=S)n1C1CC1. The van der Waals surface area contributed by atoms with Gasteiger partial charge >= 0.3 is 0 Å². The van der Waals surface area contributed by atoms with Crippen molar-refractivity contribution in [3.8, 4) is 11.4 Å². The van der Waals surface area contributed by atoms with Crippen molar-refractivity contribution < 1.29 is 4.39 Å². The minimum atomic E-state index is -0.225. The fraction of sp³-hybridized carbons (Fsp3) is 0.619. The molecule has 0 radical (unpaired) electrons. The van der Waals surface area contributed by atoms with E-state index in [1.807, 2.05) is 16.8 Å². The third-order valence-electron chi connectivity index (χ3n) is 6.57. The molecule has 5 rings (SSSR count). The zero-order valence-corrected chi connectivity index (χ0v) is 16.5. The van der Waals surface area contributed by atoms with E-state index in [9.17, 15) is 4.39 Å². The van der Waals surface area contributed by atoms with Crippen LogP contribution in [0, 0.1) is 16.5 Å². The third kappa shape index (κ3) is 3.27. The summed E-state index contributed by atoms with van der Waals surface area (Å²) in [5.74, 6) is 1.30. The van der Waals surface area contributed by atoms with Crippen LogP contribution in [0.5, 0.6) is 0 Å². The van der Waals surface area contributed by atoms with Crippen LogP contribution in [0.25, 0.3) is 11.4 Å². The molecule has 2 saturated carbocycles. The molecule has 3 aliphatic rings. The highest BCUT2D eigenvalue weighted by Crippen LogP contribution is 2.39. The Morgan fingerprint density at radius 3 is 2.63 bits per heavy atom. The molecule has 1 aromatic carbocycles. The van der Waals surface area contributed by atoms with Gasteiger partial charge < -0.3 is 0 Å². The molecule has 3 fully saturated rings. The van der Waals surface area contributed by atoms with Crippen LogP contribution in [0.2, 0.25) is 0 Å². The molecule has 0 spiro atoms. The van der Waals surface area contributed by atoms with Crippen molar-refractivity contribution in [2.75, 3.05) is 6.54 Å². The van der Waals surface area contributed by atoms with Crippen LogP contribution in [0.4, 0.5) is 4.39 Å². The van der Waals surface area contributed by atoms with Crippen LogP contribution >= 0.6 is 12.2 Å². The first-order chi connectivity index (χ1) is 13.2. The Morgan fingerprint density at radius 2 is 1.81 bits per heavy atom. The topological polar surface area (TPSA) is 26.0 Å². The van der Waals surface area contributed by atoms with Crippen LogP contribution in [0.3, 0.4) is 0 Å². The second-order valence-electron chi connectivity index (χ2n) is 8.39. The summed E-state index contributed by atoms with van der Waals surface area (Å²) in [6, 6.07) is 7.96. The van der Waals surface area contributed by atoms with E-state index in [4.69, 9.17) is 17.3 Å². The Bertz CT molecular complexity index is 883. The molecule has 0 bridgehead atoms. The van der Waals surface area contributed by atoms with Crippen LogP contribution in [-0.4, -0.2) is 31.8 Å². The first-order valence-electron chi connectivity index (χ1n) is 10.4. The summed E-state index contributed by atoms with van der Waals surface area (Å²) in [4.78, 5) is 2.58. The molecular formula is C21H27FN4S. The summed E-state index contributed by atoms with van der Waals surface area (Å²) in [6.07, 6.45) is 10.2. The van der Waals surface area contributed by atoms with Crippen molar-refractivity contribution in [3.05, 3.63) is 34.9 Å². The molecule has 2 heterocycles. The number of likely N-dealkylation sites (tertiary alicyclic amines) is 1. The lowest BCUT2D eigenvalue weighted by molar-refractivity contribution is 0.0323. The average molecular weight is 387 g/mol. The maximum absolute atomic E-state index is 14.5. The predicted molar refractivity (Wildman–Crippen MR) is 106 cm³/mol. The molecular weight excluding hydrogens is 359 g/mol. The number of halogens is 1. The van der Waals surface area contributed by atoms with Gasteiger partial charge in [0.25, 0.3) is 0 Å². The Hall–Kier alpha value is -1.53. The molecule has 2 atom stereocenters. The molecule has 1 saturated heterocycles. The lowest BCUT2D eigenvalue weighted by Gasteiger charge is -2.43. The molecule has 4 nitrogen and oxygen atoms in total. The Balaban J connectivity index is 1.49. The number of piperidine rings is 1. The first kappa shape index (κ1) is 17.6. The van der Waals surface area contributed by atoms with Crippen molar-refractivity contribution in [1.29, 1.82) is 0 Å². The highest BCUT2D eigenvalue weighted by molar-refractivity contribution is 7.71. The summed E-state index contributed by atoms with van der Waals surface area (Å²) in [7, 11) is 0.